The van der Waals surface area contributed by atoms with Crippen LogP contribution in [0.25, 0.3) is 6.08 Å². The molecular weight excluding hydrogens is 252 g/mol. The second kappa shape index (κ2) is 4.06. The van der Waals surface area contributed by atoms with Crippen molar-refractivity contribution in [1.82, 2.24) is 4.57 Å². The van der Waals surface area contributed by atoms with Crippen LogP contribution in [0.15, 0.2) is 32.6 Å². The molecule has 1 aliphatic rings. The number of aromatic nitrogens is 1. The van der Waals surface area contributed by atoms with Crippen molar-refractivity contribution in [1.29, 1.82) is 0 Å². The Morgan fingerprint density at radius 1 is 1.56 bits per heavy atom. The molecule has 0 saturated carbocycles. The van der Waals surface area contributed by atoms with E-state index in [0.717, 1.165) is 4.57 Å². The van der Waals surface area contributed by atoms with Crippen LogP contribution in [-0.2, 0) is 0 Å². The van der Waals surface area contributed by atoms with E-state index < -0.39 is 0 Å². The van der Waals surface area contributed by atoms with Gasteiger partial charge in [-0.25, -0.2) is 4.57 Å². The highest BCUT2D eigenvalue weighted by atomic mass is 32.1. The standard InChI is InChI=1S/C12H10N2O3S/c1-7-5-10(15)14-11(16)9(18-12(14)13-7)6-8-3-2-4-17-8/h2-4,6-7H,5H2,1H3/b9-6+/t7-/m0/s1. The van der Waals surface area contributed by atoms with E-state index in [1.807, 2.05) is 6.92 Å². The molecule has 6 heteroatoms. The van der Waals surface area contributed by atoms with Gasteiger partial charge in [0.05, 0.1) is 12.3 Å². The molecule has 0 unspecified atom stereocenters. The first kappa shape index (κ1) is 11.2. The Morgan fingerprint density at radius 2 is 2.39 bits per heavy atom. The van der Waals surface area contributed by atoms with E-state index in [9.17, 15) is 9.59 Å². The maximum absolute atomic E-state index is 12.1. The second-order valence-corrected chi connectivity index (χ2v) is 5.13. The van der Waals surface area contributed by atoms with Gasteiger partial charge in [0.15, 0.2) is 4.80 Å². The van der Waals surface area contributed by atoms with Crippen LogP contribution in [0.1, 0.15) is 23.9 Å². The van der Waals surface area contributed by atoms with Crippen LogP contribution >= 0.6 is 11.3 Å². The average molecular weight is 262 g/mol. The van der Waals surface area contributed by atoms with Crippen molar-refractivity contribution in [2.75, 3.05) is 0 Å². The van der Waals surface area contributed by atoms with Gasteiger partial charge in [-0.1, -0.05) is 11.3 Å². The summed E-state index contributed by atoms with van der Waals surface area (Å²) in [6.07, 6.45) is 3.45. The van der Waals surface area contributed by atoms with Crippen molar-refractivity contribution in [2.24, 2.45) is 4.99 Å². The largest absolute Gasteiger partial charge is 0.465 e. The third-order valence-corrected chi connectivity index (χ3v) is 3.66. The Hall–Kier alpha value is -1.95. The smallest absolute Gasteiger partial charge is 0.277 e. The molecule has 0 spiro atoms. The third-order valence-electron chi connectivity index (χ3n) is 2.67. The van der Waals surface area contributed by atoms with E-state index in [2.05, 4.69) is 4.99 Å². The van der Waals surface area contributed by atoms with Gasteiger partial charge < -0.3 is 4.42 Å². The molecule has 1 aliphatic heterocycles. The molecule has 2 aromatic rings. The van der Waals surface area contributed by atoms with E-state index in [1.165, 1.54) is 17.6 Å². The topological polar surface area (TPSA) is 64.6 Å². The van der Waals surface area contributed by atoms with Gasteiger partial charge in [0.1, 0.15) is 10.3 Å². The van der Waals surface area contributed by atoms with Gasteiger partial charge in [-0.3, -0.25) is 14.6 Å². The molecule has 3 rings (SSSR count). The monoisotopic (exact) mass is 262 g/mol. The first-order chi connectivity index (χ1) is 8.65. The van der Waals surface area contributed by atoms with Crippen LogP contribution in [-0.4, -0.2) is 16.5 Å². The van der Waals surface area contributed by atoms with Gasteiger partial charge >= 0.3 is 0 Å². The van der Waals surface area contributed by atoms with Crippen molar-refractivity contribution < 1.29 is 9.21 Å². The number of hydrogen-bond donors (Lipinski definition) is 0. The van der Waals surface area contributed by atoms with Gasteiger partial charge in [-0.05, 0) is 19.1 Å². The van der Waals surface area contributed by atoms with E-state index >= 15 is 0 Å². The van der Waals surface area contributed by atoms with Crippen LogP contribution in [0.3, 0.4) is 0 Å². The summed E-state index contributed by atoms with van der Waals surface area (Å²) in [6, 6.07) is 3.44. The lowest BCUT2D eigenvalue weighted by atomic mass is 10.2. The molecule has 0 saturated heterocycles. The molecule has 92 valence electrons. The Bertz CT molecular complexity index is 767. The van der Waals surface area contributed by atoms with Crippen LogP contribution < -0.4 is 14.9 Å². The summed E-state index contributed by atoms with van der Waals surface area (Å²) in [6.45, 7) is 1.86. The maximum Gasteiger partial charge on any atom is 0.277 e. The number of carbonyl (C=O) groups excluding carboxylic acids is 1. The summed E-state index contributed by atoms with van der Waals surface area (Å²) in [5.74, 6) is 0.402. The number of furan rings is 1. The number of hydrogen-bond acceptors (Lipinski definition) is 5. The quantitative estimate of drug-likeness (QED) is 0.746. The molecule has 0 bridgehead atoms. The Balaban J connectivity index is 2.28. The minimum atomic E-state index is -0.313. The van der Waals surface area contributed by atoms with Crippen molar-refractivity contribution in [3.05, 3.63) is 43.8 Å². The fourth-order valence-electron chi connectivity index (χ4n) is 1.86. The lowest BCUT2D eigenvalue weighted by molar-refractivity contribution is 0.0877. The van der Waals surface area contributed by atoms with Gasteiger partial charge in [0, 0.05) is 12.5 Å². The van der Waals surface area contributed by atoms with Crippen LogP contribution in [0.5, 0.6) is 0 Å². The van der Waals surface area contributed by atoms with E-state index in [4.69, 9.17) is 4.42 Å². The van der Waals surface area contributed by atoms with E-state index in [1.54, 1.807) is 18.2 Å². The Morgan fingerprint density at radius 3 is 3.11 bits per heavy atom. The third kappa shape index (κ3) is 1.74. The highest BCUT2D eigenvalue weighted by molar-refractivity contribution is 7.07. The Labute approximate surface area is 106 Å². The number of thiazole rings is 1. The molecule has 5 nitrogen and oxygen atoms in total. The fraction of sp³-hybridized carbons (Fsp3) is 0.250. The number of fused-ring (bicyclic) bond motifs is 1. The van der Waals surface area contributed by atoms with Crippen molar-refractivity contribution in [2.45, 2.75) is 19.4 Å². The zero-order valence-corrected chi connectivity index (χ0v) is 10.4. The zero-order valence-electron chi connectivity index (χ0n) is 9.62. The highest BCUT2D eigenvalue weighted by Gasteiger charge is 2.20. The maximum atomic E-state index is 12.1. The van der Waals surface area contributed by atoms with Crippen molar-refractivity contribution in [3.8, 4) is 0 Å². The average Bonchev–Trinajstić information content (AvgIpc) is 2.88. The lowest BCUT2D eigenvalue weighted by Gasteiger charge is -2.09. The molecule has 0 fully saturated rings. The molecule has 2 aromatic heterocycles. The van der Waals surface area contributed by atoms with Crippen LogP contribution in [0.4, 0.5) is 0 Å². The molecule has 0 amide bonds. The molecule has 3 heterocycles. The first-order valence-electron chi connectivity index (χ1n) is 5.53. The van der Waals surface area contributed by atoms with Crippen LogP contribution in [0.2, 0.25) is 0 Å². The van der Waals surface area contributed by atoms with E-state index in [-0.39, 0.29) is 23.9 Å². The predicted octanol–water partition coefficient (Wildman–Crippen LogP) is 0.384. The summed E-state index contributed by atoms with van der Waals surface area (Å²) in [4.78, 5) is 28.7. The number of nitrogens with zero attached hydrogens (tertiary/aromatic N) is 2. The molecule has 1 atom stereocenters. The van der Waals surface area contributed by atoms with Gasteiger partial charge in [0.25, 0.3) is 5.56 Å². The predicted molar refractivity (Wildman–Crippen MR) is 66.3 cm³/mol. The summed E-state index contributed by atoms with van der Waals surface area (Å²) < 4.78 is 6.78. The van der Waals surface area contributed by atoms with Crippen molar-refractivity contribution >= 4 is 23.3 Å². The number of carbonyl (C=O) groups is 1. The molecule has 0 radical (unpaired) electrons. The summed E-state index contributed by atoms with van der Waals surface area (Å²) >= 11 is 1.22. The minimum Gasteiger partial charge on any atom is -0.465 e. The fourth-order valence-corrected chi connectivity index (χ4v) is 2.92. The lowest BCUT2D eigenvalue weighted by Crippen LogP contribution is -2.40. The minimum absolute atomic E-state index is 0.0630. The highest BCUT2D eigenvalue weighted by Crippen LogP contribution is 2.03. The first-order valence-corrected chi connectivity index (χ1v) is 6.35. The van der Waals surface area contributed by atoms with Gasteiger partial charge in [0.2, 0.25) is 5.91 Å². The normalized spacial score (nSPS) is 19.7. The molecule has 18 heavy (non-hydrogen) atoms. The molecule has 0 aromatic carbocycles. The van der Waals surface area contributed by atoms with Crippen molar-refractivity contribution in [3.63, 3.8) is 0 Å². The molecular formula is C12H10N2O3S. The second-order valence-electron chi connectivity index (χ2n) is 4.13. The zero-order chi connectivity index (χ0) is 12.7. The summed E-state index contributed by atoms with van der Waals surface area (Å²) in [7, 11) is 0. The molecule has 0 N–H and O–H groups in total. The van der Waals surface area contributed by atoms with E-state index in [0.29, 0.717) is 15.1 Å². The van der Waals surface area contributed by atoms with Gasteiger partial charge in [-0.15, -0.1) is 0 Å². The summed E-state index contributed by atoms with van der Waals surface area (Å²) in [5.41, 5.74) is -0.313. The summed E-state index contributed by atoms with van der Waals surface area (Å²) in [5, 5.41) is 0. The number of rotatable bonds is 1. The SMILES string of the molecule is C[C@H]1CC(=O)n2c(s/c(=C/c3ccco3)c2=O)=N1. The molecule has 0 aliphatic carbocycles. The van der Waals surface area contributed by atoms with Crippen LogP contribution in [0, 0.1) is 0 Å². The van der Waals surface area contributed by atoms with Gasteiger partial charge in [-0.2, -0.15) is 0 Å². The Kier molecular flexibility index (Phi) is 2.52.